The van der Waals surface area contributed by atoms with Gasteiger partial charge in [-0.05, 0) is 48.4 Å². The van der Waals surface area contributed by atoms with Crippen LogP contribution in [0, 0.1) is 6.92 Å². The van der Waals surface area contributed by atoms with Gasteiger partial charge in [0.25, 0.3) is 0 Å². The first-order valence-corrected chi connectivity index (χ1v) is 9.55. The Morgan fingerprint density at radius 1 is 1.11 bits per heavy atom. The second-order valence-corrected chi connectivity index (χ2v) is 7.40. The standard InChI is InChI=1S/C23H25N3O2/c1-16-5-4-6-18-13-19(14-26-12-11-25(2)21(27)15-26)23(24-22(16)18)17-7-9-20(28-3)10-8-17/h4-10,13H,11-12,14-15H2,1-3H3. The molecule has 0 unspecified atom stereocenters. The number of pyridine rings is 1. The number of nitrogens with zero attached hydrogens (tertiary/aromatic N) is 3. The molecular formula is C23H25N3O2. The minimum absolute atomic E-state index is 0.168. The summed E-state index contributed by atoms with van der Waals surface area (Å²) in [4.78, 5) is 21.2. The van der Waals surface area contributed by atoms with Gasteiger partial charge in [0.05, 0.1) is 24.9 Å². The number of methoxy groups -OCH3 is 1. The first-order valence-electron chi connectivity index (χ1n) is 9.55. The van der Waals surface area contributed by atoms with Crippen molar-refractivity contribution in [1.29, 1.82) is 0 Å². The van der Waals surface area contributed by atoms with Crippen LogP contribution in [-0.4, -0.2) is 54.5 Å². The zero-order chi connectivity index (χ0) is 19.7. The molecule has 5 heteroatoms. The molecule has 1 aliphatic heterocycles. The van der Waals surface area contributed by atoms with E-state index in [-0.39, 0.29) is 5.91 Å². The molecule has 144 valence electrons. The van der Waals surface area contributed by atoms with Crippen LogP contribution < -0.4 is 4.74 Å². The Hall–Kier alpha value is -2.92. The summed E-state index contributed by atoms with van der Waals surface area (Å²) in [6.45, 7) is 4.88. The highest BCUT2D eigenvalue weighted by atomic mass is 16.5. The van der Waals surface area contributed by atoms with Gasteiger partial charge in [-0.3, -0.25) is 9.69 Å². The molecule has 0 radical (unpaired) electrons. The molecule has 0 aliphatic carbocycles. The second kappa shape index (κ2) is 7.60. The van der Waals surface area contributed by atoms with Gasteiger partial charge >= 0.3 is 0 Å². The van der Waals surface area contributed by atoms with E-state index in [4.69, 9.17) is 9.72 Å². The summed E-state index contributed by atoms with van der Waals surface area (Å²) < 4.78 is 5.30. The predicted octanol–water partition coefficient (Wildman–Crippen LogP) is 3.49. The minimum Gasteiger partial charge on any atom is -0.497 e. The lowest BCUT2D eigenvalue weighted by Gasteiger charge is -2.32. The van der Waals surface area contributed by atoms with Gasteiger partial charge in [-0.25, -0.2) is 4.98 Å². The molecule has 1 saturated heterocycles. The molecule has 0 spiro atoms. The van der Waals surface area contributed by atoms with Crippen molar-refractivity contribution < 1.29 is 9.53 Å². The van der Waals surface area contributed by atoms with Crippen LogP contribution in [0.5, 0.6) is 5.75 Å². The second-order valence-electron chi connectivity index (χ2n) is 7.40. The Bertz CT molecular complexity index is 1010. The van der Waals surface area contributed by atoms with Crippen molar-refractivity contribution in [3.63, 3.8) is 0 Å². The SMILES string of the molecule is COc1ccc(-c2nc3c(C)cccc3cc2CN2CCN(C)C(=O)C2)cc1. The molecular weight excluding hydrogens is 350 g/mol. The Morgan fingerprint density at radius 2 is 1.89 bits per heavy atom. The number of rotatable bonds is 4. The lowest BCUT2D eigenvalue weighted by atomic mass is 10.0. The largest absolute Gasteiger partial charge is 0.497 e. The lowest BCUT2D eigenvalue weighted by Crippen LogP contribution is -2.48. The van der Waals surface area contributed by atoms with Crippen molar-refractivity contribution in [1.82, 2.24) is 14.8 Å². The third-order valence-corrected chi connectivity index (χ3v) is 5.42. The summed E-state index contributed by atoms with van der Waals surface area (Å²) in [5, 5.41) is 1.13. The van der Waals surface area contributed by atoms with Crippen LogP contribution in [0.2, 0.25) is 0 Å². The van der Waals surface area contributed by atoms with Gasteiger partial charge in [-0.1, -0.05) is 18.2 Å². The van der Waals surface area contributed by atoms with Crippen molar-refractivity contribution in [3.8, 4) is 17.0 Å². The highest BCUT2D eigenvalue weighted by Crippen LogP contribution is 2.29. The first kappa shape index (κ1) is 18.4. The first-order chi connectivity index (χ1) is 13.5. The van der Waals surface area contributed by atoms with Gasteiger partial charge in [-0.2, -0.15) is 0 Å². The van der Waals surface area contributed by atoms with E-state index in [1.807, 2.05) is 31.3 Å². The van der Waals surface area contributed by atoms with Gasteiger partial charge in [0.2, 0.25) is 5.91 Å². The Kier molecular flexibility index (Phi) is 5.01. The fraction of sp³-hybridized carbons (Fsp3) is 0.304. The normalized spacial score (nSPS) is 15.2. The smallest absolute Gasteiger partial charge is 0.236 e. The summed E-state index contributed by atoms with van der Waals surface area (Å²) >= 11 is 0. The van der Waals surface area contributed by atoms with E-state index in [2.05, 4.69) is 36.1 Å². The van der Waals surface area contributed by atoms with E-state index < -0.39 is 0 Å². The number of aryl methyl sites for hydroxylation is 1. The van der Waals surface area contributed by atoms with Crippen molar-refractivity contribution in [3.05, 3.63) is 59.7 Å². The lowest BCUT2D eigenvalue weighted by molar-refractivity contribution is -0.134. The van der Waals surface area contributed by atoms with Crippen LogP contribution in [0.4, 0.5) is 0 Å². The number of ether oxygens (including phenoxy) is 1. The van der Waals surface area contributed by atoms with Gasteiger partial charge in [0, 0.05) is 37.6 Å². The molecule has 0 atom stereocenters. The van der Waals surface area contributed by atoms with Crippen LogP contribution in [0.25, 0.3) is 22.2 Å². The van der Waals surface area contributed by atoms with E-state index in [1.165, 1.54) is 0 Å². The highest BCUT2D eigenvalue weighted by molar-refractivity contribution is 5.86. The van der Waals surface area contributed by atoms with Crippen LogP contribution in [0.15, 0.2) is 48.5 Å². The van der Waals surface area contributed by atoms with Crippen LogP contribution >= 0.6 is 0 Å². The molecule has 2 aromatic carbocycles. The third-order valence-electron chi connectivity index (χ3n) is 5.42. The number of aromatic nitrogens is 1. The number of likely N-dealkylation sites (N-methyl/N-ethyl adjacent to an activating group) is 1. The fourth-order valence-corrected chi connectivity index (χ4v) is 3.69. The number of benzene rings is 2. The van der Waals surface area contributed by atoms with Crippen LogP contribution in [0.1, 0.15) is 11.1 Å². The van der Waals surface area contributed by atoms with Gasteiger partial charge < -0.3 is 9.64 Å². The zero-order valence-electron chi connectivity index (χ0n) is 16.6. The molecule has 1 fully saturated rings. The summed E-state index contributed by atoms with van der Waals surface area (Å²) in [5.41, 5.74) is 5.35. The molecule has 5 nitrogen and oxygen atoms in total. The fourth-order valence-electron chi connectivity index (χ4n) is 3.69. The molecule has 4 rings (SSSR count). The predicted molar refractivity (Wildman–Crippen MR) is 111 cm³/mol. The summed E-state index contributed by atoms with van der Waals surface area (Å²) in [6, 6.07) is 16.5. The monoisotopic (exact) mass is 375 g/mol. The maximum absolute atomic E-state index is 12.1. The minimum atomic E-state index is 0.168. The molecule has 3 aromatic rings. The number of piperazine rings is 1. The number of carbonyl (C=O) groups is 1. The summed E-state index contributed by atoms with van der Waals surface area (Å²) in [5.74, 6) is 0.994. The van der Waals surface area contributed by atoms with Crippen molar-refractivity contribution in [2.45, 2.75) is 13.5 Å². The molecule has 0 saturated carbocycles. The summed E-state index contributed by atoms with van der Waals surface area (Å²) in [7, 11) is 3.53. The van der Waals surface area contributed by atoms with Crippen molar-refractivity contribution in [2.75, 3.05) is 33.8 Å². The molecule has 1 amide bonds. The van der Waals surface area contributed by atoms with Gasteiger partial charge in [0.1, 0.15) is 5.75 Å². The molecule has 2 heterocycles. The Balaban J connectivity index is 1.77. The number of fused-ring (bicyclic) bond motifs is 1. The highest BCUT2D eigenvalue weighted by Gasteiger charge is 2.22. The average Bonchev–Trinajstić information content (AvgIpc) is 2.71. The maximum atomic E-state index is 12.1. The van der Waals surface area contributed by atoms with E-state index in [9.17, 15) is 4.79 Å². The Labute approximate surface area is 165 Å². The molecule has 1 aromatic heterocycles. The van der Waals surface area contributed by atoms with Crippen LogP contribution in [-0.2, 0) is 11.3 Å². The quantitative estimate of drug-likeness (QED) is 0.700. The van der Waals surface area contributed by atoms with E-state index in [0.717, 1.165) is 52.1 Å². The van der Waals surface area contributed by atoms with Crippen LogP contribution in [0.3, 0.4) is 0 Å². The third kappa shape index (κ3) is 3.58. The molecule has 0 N–H and O–H groups in total. The number of carbonyl (C=O) groups excluding carboxylic acids is 1. The molecule has 0 bridgehead atoms. The average molecular weight is 375 g/mol. The summed E-state index contributed by atoms with van der Waals surface area (Å²) in [6.07, 6.45) is 0. The zero-order valence-corrected chi connectivity index (χ0v) is 16.6. The maximum Gasteiger partial charge on any atom is 0.236 e. The number of hydrogen-bond donors (Lipinski definition) is 0. The van der Waals surface area contributed by atoms with Gasteiger partial charge in [-0.15, -0.1) is 0 Å². The van der Waals surface area contributed by atoms with E-state index in [1.54, 1.807) is 12.0 Å². The molecule has 28 heavy (non-hydrogen) atoms. The van der Waals surface area contributed by atoms with Crippen molar-refractivity contribution >= 4 is 16.8 Å². The number of hydrogen-bond acceptors (Lipinski definition) is 4. The van der Waals surface area contributed by atoms with Gasteiger partial charge in [0.15, 0.2) is 0 Å². The number of amides is 1. The van der Waals surface area contributed by atoms with E-state index >= 15 is 0 Å². The Morgan fingerprint density at radius 3 is 2.61 bits per heavy atom. The van der Waals surface area contributed by atoms with E-state index in [0.29, 0.717) is 13.1 Å². The topological polar surface area (TPSA) is 45.7 Å². The number of para-hydroxylation sites is 1. The van der Waals surface area contributed by atoms with Crippen molar-refractivity contribution in [2.24, 2.45) is 0 Å². The molecule has 1 aliphatic rings.